The Balaban J connectivity index is 1.85. The van der Waals surface area contributed by atoms with Crippen molar-refractivity contribution in [3.8, 4) is 5.75 Å². The van der Waals surface area contributed by atoms with E-state index in [-0.39, 0.29) is 24.3 Å². The van der Waals surface area contributed by atoms with E-state index in [1.807, 2.05) is 0 Å². The van der Waals surface area contributed by atoms with Crippen LogP contribution in [0.15, 0.2) is 24.3 Å². The van der Waals surface area contributed by atoms with Gasteiger partial charge < -0.3 is 20.3 Å². The van der Waals surface area contributed by atoms with Crippen LogP contribution in [0.4, 0.5) is 5.69 Å². The van der Waals surface area contributed by atoms with Crippen molar-refractivity contribution in [3.05, 3.63) is 24.3 Å². The number of amides is 3. The summed E-state index contributed by atoms with van der Waals surface area (Å²) in [6, 6.07) is 6.38. The number of ether oxygens (including phenoxy) is 1. The van der Waals surface area contributed by atoms with E-state index in [0.29, 0.717) is 24.3 Å². The van der Waals surface area contributed by atoms with Crippen molar-refractivity contribution in [2.45, 2.75) is 18.9 Å². The standard InChI is InChI=1S/C15H19N3O4/c1-18(15(21)12-7-8-13(19)17-12)9-14(20)16-10-3-5-11(22-2)6-4-10/h3-6,12H,7-9H2,1-2H3,(H,16,20)(H,17,19)/t12-/m1/s1. The Morgan fingerprint density at radius 1 is 1.36 bits per heavy atom. The average molecular weight is 305 g/mol. The van der Waals surface area contributed by atoms with E-state index in [4.69, 9.17) is 4.74 Å². The van der Waals surface area contributed by atoms with Gasteiger partial charge in [-0.3, -0.25) is 14.4 Å². The third-order valence-corrected chi connectivity index (χ3v) is 3.42. The summed E-state index contributed by atoms with van der Waals surface area (Å²) in [6.45, 7) is -0.0722. The van der Waals surface area contributed by atoms with Gasteiger partial charge >= 0.3 is 0 Å². The van der Waals surface area contributed by atoms with E-state index in [1.54, 1.807) is 38.4 Å². The second-order valence-electron chi connectivity index (χ2n) is 5.13. The Morgan fingerprint density at radius 2 is 2.05 bits per heavy atom. The molecule has 22 heavy (non-hydrogen) atoms. The van der Waals surface area contributed by atoms with Crippen molar-refractivity contribution in [1.29, 1.82) is 0 Å². The van der Waals surface area contributed by atoms with Crippen LogP contribution in [0.2, 0.25) is 0 Å². The van der Waals surface area contributed by atoms with Crippen LogP contribution in [0, 0.1) is 0 Å². The highest BCUT2D eigenvalue weighted by Gasteiger charge is 2.29. The first-order valence-corrected chi connectivity index (χ1v) is 6.98. The van der Waals surface area contributed by atoms with E-state index in [9.17, 15) is 14.4 Å². The van der Waals surface area contributed by atoms with Crippen LogP contribution in [0.3, 0.4) is 0 Å². The second kappa shape index (κ2) is 6.93. The van der Waals surface area contributed by atoms with Crippen LogP contribution in [0.25, 0.3) is 0 Å². The van der Waals surface area contributed by atoms with Crippen molar-refractivity contribution < 1.29 is 19.1 Å². The molecule has 0 spiro atoms. The zero-order valence-corrected chi connectivity index (χ0v) is 12.6. The van der Waals surface area contributed by atoms with Gasteiger partial charge in [-0.2, -0.15) is 0 Å². The predicted molar refractivity (Wildman–Crippen MR) is 80.4 cm³/mol. The van der Waals surface area contributed by atoms with Crippen LogP contribution in [0.1, 0.15) is 12.8 Å². The van der Waals surface area contributed by atoms with Gasteiger partial charge in [0.15, 0.2) is 0 Å². The van der Waals surface area contributed by atoms with Crippen molar-refractivity contribution in [3.63, 3.8) is 0 Å². The lowest BCUT2D eigenvalue weighted by Crippen LogP contribution is -2.45. The summed E-state index contributed by atoms with van der Waals surface area (Å²) >= 11 is 0. The average Bonchev–Trinajstić information content (AvgIpc) is 2.93. The van der Waals surface area contributed by atoms with Gasteiger partial charge in [-0.15, -0.1) is 0 Å². The molecule has 1 heterocycles. The Morgan fingerprint density at radius 3 is 2.59 bits per heavy atom. The number of nitrogens with one attached hydrogen (secondary N) is 2. The maximum Gasteiger partial charge on any atom is 0.245 e. The minimum absolute atomic E-state index is 0.0722. The van der Waals surface area contributed by atoms with E-state index < -0.39 is 6.04 Å². The number of carbonyl (C=O) groups excluding carboxylic acids is 3. The van der Waals surface area contributed by atoms with E-state index in [2.05, 4.69) is 10.6 Å². The molecular formula is C15H19N3O4. The van der Waals surface area contributed by atoms with Crippen molar-refractivity contribution in [1.82, 2.24) is 10.2 Å². The van der Waals surface area contributed by atoms with E-state index >= 15 is 0 Å². The molecule has 1 aromatic rings. The van der Waals surface area contributed by atoms with Crippen molar-refractivity contribution in [2.75, 3.05) is 26.0 Å². The summed E-state index contributed by atoms with van der Waals surface area (Å²) in [4.78, 5) is 36.5. The quantitative estimate of drug-likeness (QED) is 0.823. The molecule has 1 saturated heterocycles. The minimum atomic E-state index is -0.522. The molecule has 0 unspecified atom stereocenters. The molecule has 1 aliphatic heterocycles. The number of hydrogen-bond acceptors (Lipinski definition) is 4. The summed E-state index contributed by atoms with van der Waals surface area (Å²) in [5.74, 6) is 0.0118. The number of nitrogens with zero attached hydrogens (tertiary/aromatic N) is 1. The minimum Gasteiger partial charge on any atom is -0.497 e. The fourth-order valence-corrected chi connectivity index (χ4v) is 2.23. The molecule has 0 saturated carbocycles. The topological polar surface area (TPSA) is 87.7 Å². The molecule has 3 amide bonds. The number of benzene rings is 1. The fourth-order valence-electron chi connectivity index (χ4n) is 2.23. The number of anilines is 1. The summed E-state index contributed by atoms with van der Waals surface area (Å²) in [7, 11) is 3.11. The highest BCUT2D eigenvalue weighted by atomic mass is 16.5. The molecule has 0 aliphatic carbocycles. The lowest BCUT2D eigenvalue weighted by molar-refractivity contribution is -0.135. The number of likely N-dealkylation sites (N-methyl/N-ethyl adjacent to an activating group) is 1. The molecule has 118 valence electrons. The Hall–Kier alpha value is -2.57. The van der Waals surface area contributed by atoms with Crippen LogP contribution in [-0.2, 0) is 14.4 Å². The molecular weight excluding hydrogens is 286 g/mol. The van der Waals surface area contributed by atoms with Crippen molar-refractivity contribution in [2.24, 2.45) is 0 Å². The second-order valence-corrected chi connectivity index (χ2v) is 5.13. The third kappa shape index (κ3) is 3.97. The van der Waals surface area contributed by atoms with Gasteiger partial charge in [-0.05, 0) is 30.7 Å². The summed E-state index contributed by atoms with van der Waals surface area (Å²) in [6.07, 6.45) is 0.824. The van der Waals surface area contributed by atoms with Crippen LogP contribution in [0.5, 0.6) is 5.75 Å². The highest BCUT2D eigenvalue weighted by molar-refractivity contribution is 5.96. The van der Waals surface area contributed by atoms with Gasteiger partial charge in [0.2, 0.25) is 17.7 Å². The van der Waals surface area contributed by atoms with Gasteiger partial charge in [0.1, 0.15) is 11.8 Å². The zero-order valence-electron chi connectivity index (χ0n) is 12.6. The van der Waals surface area contributed by atoms with Gasteiger partial charge in [-0.1, -0.05) is 0 Å². The monoisotopic (exact) mass is 305 g/mol. The number of rotatable bonds is 5. The maximum atomic E-state index is 12.1. The lowest BCUT2D eigenvalue weighted by Gasteiger charge is -2.20. The number of carbonyl (C=O) groups is 3. The Labute approximate surface area is 128 Å². The molecule has 1 aliphatic rings. The fraction of sp³-hybridized carbons (Fsp3) is 0.400. The van der Waals surface area contributed by atoms with E-state index in [0.717, 1.165) is 0 Å². The molecule has 2 N–H and O–H groups in total. The van der Waals surface area contributed by atoms with Crippen LogP contribution in [-0.4, -0.2) is 49.4 Å². The third-order valence-electron chi connectivity index (χ3n) is 3.42. The van der Waals surface area contributed by atoms with Crippen molar-refractivity contribution >= 4 is 23.4 Å². The lowest BCUT2D eigenvalue weighted by atomic mass is 10.2. The zero-order chi connectivity index (χ0) is 16.1. The SMILES string of the molecule is COc1ccc(NC(=O)CN(C)C(=O)[C@H]2CCC(=O)N2)cc1. The summed E-state index contributed by atoms with van der Waals surface area (Å²) in [5, 5.41) is 5.30. The first kappa shape index (κ1) is 15.8. The molecule has 0 aromatic heterocycles. The largest absolute Gasteiger partial charge is 0.497 e. The molecule has 7 nitrogen and oxygen atoms in total. The first-order valence-electron chi connectivity index (χ1n) is 6.98. The Kier molecular flexibility index (Phi) is 4.98. The molecule has 1 aromatic carbocycles. The van der Waals surface area contributed by atoms with Crippen LogP contribution >= 0.6 is 0 Å². The molecule has 0 bridgehead atoms. The highest BCUT2D eigenvalue weighted by Crippen LogP contribution is 2.15. The molecule has 0 radical (unpaired) electrons. The Bertz CT molecular complexity index is 571. The number of hydrogen-bond donors (Lipinski definition) is 2. The molecule has 1 atom stereocenters. The molecule has 2 rings (SSSR count). The maximum absolute atomic E-state index is 12.1. The van der Waals surface area contributed by atoms with Crippen LogP contribution < -0.4 is 15.4 Å². The molecule has 7 heteroatoms. The van der Waals surface area contributed by atoms with Gasteiger partial charge in [0.25, 0.3) is 0 Å². The van der Waals surface area contributed by atoms with Gasteiger partial charge in [0.05, 0.1) is 13.7 Å². The normalized spacial score (nSPS) is 16.8. The number of methoxy groups -OCH3 is 1. The predicted octanol–water partition coefficient (Wildman–Crippen LogP) is 0.371. The first-order chi connectivity index (χ1) is 10.5. The van der Waals surface area contributed by atoms with Gasteiger partial charge in [0, 0.05) is 19.2 Å². The summed E-state index contributed by atoms with van der Waals surface area (Å²) in [5.41, 5.74) is 0.626. The smallest absolute Gasteiger partial charge is 0.245 e. The summed E-state index contributed by atoms with van der Waals surface area (Å²) < 4.78 is 5.04. The van der Waals surface area contributed by atoms with Gasteiger partial charge in [-0.25, -0.2) is 0 Å². The van der Waals surface area contributed by atoms with E-state index in [1.165, 1.54) is 4.90 Å². The molecule has 1 fully saturated rings.